The van der Waals surface area contributed by atoms with Gasteiger partial charge in [0.1, 0.15) is 11.6 Å². The molecule has 1 aromatic carbocycles. The second-order valence-electron chi connectivity index (χ2n) is 6.70. The van der Waals surface area contributed by atoms with Crippen molar-refractivity contribution < 1.29 is 13.2 Å². The van der Waals surface area contributed by atoms with E-state index >= 15 is 0 Å². The molecule has 0 spiro atoms. The third kappa shape index (κ3) is 4.68. The van der Waals surface area contributed by atoms with Crippen LogP contribution in [0, 0.1) is 6.92 Å². The number of benzene rings is 1. The van der Waals surface area contributed by atoms with E-state index in [1.165, 1.54) is 0 Å². The second-order valence-corrected chi connectivity index (χ2v) is 8.93. The molecule has 0 aliphatic carbocycles. The van der Waals surface area contributed by atoms with Gasteiger partial charge in [0.15, 0.2) is 9.84 Å². The largest absolute Gasteiger partial charge is 0.496 e. The molecule has 0 saturated carbocycles. The van der Waals surface area contributed by atoms with Crippen LogP contribution in [0.25, 0.3) is 0 Å². The first-order valence-electron chi connectivity index (χ1n) is 9.10. The number of hydrogen-bond acceptors (Lipinski definition) is 7. The highest BCUT2D eigenvalue weighted by molar-refractivity contribution is 7.91. The average molecular weight is 391 g/mol. The highest BCUT2D eigenvalue weighted by Gasteiger charge is 2.32. The Balaban J connectivity index is 1.79. The number of aryl methyl sites for hydroxylation is 1. The molecule has 27 heavy (non-hydrogen) atoms. The standard InChI is InChI=1S/C19H26N4O3S/c1-4-23(16-9-10-27(24,25)13-16)18-11-14(2)21-19(22-18)20-12-15-7-5-6-8-17(15)26-3/h5-8,11,16H,4,9-10,12-13H2,1-3H3,(H,20,21,22). The molecule has 1 N–H and O–H groups in total. The molecule has 8 heteroatoms. The number of hydrogen-bond donors (Lipinski definition) is 1. The summed E-state index contributed by atoms with van der Waals surface area (Å²) in [5, 5.41) is 3.26. The van der Waals surface area contributed by atoms with Crippen LogP contribution in [-0.4, -0.2) is 49.6 Å². The van der Waals surface area contributed by atoms with Crippen molar-refractivity contribution in [3.05, 3.63) is 41.6 Å². The monoisotopic (exact) mass is 390 g/mol. The third-order valence-corrected chi connectivity index (χ3v) is 6.50. The smallest absolute Gasteiger partial charge is 0.225 e. The highest BCUT2D eigenvalue weighted by atomic mass is 32.2. The van der Waals surface area contributed by atoms with Crippen LogP contribution in [0.1, 0.15) is 24.6 Å². The van der Waals surface area contributed by atoms with Crippen LogP contribution in [0.15, 0.2) is 30.3 Å². The zero-order chi connectivity index (χ0) is 19.4. The first-order valence-corrected chi connectivity index (χ1v) is 10.9. The summed E-state index contributed by atoms with van der Waals surface area (Å²) in [6.07, 6.45) is 0.642. The minimum atomic E-state index is -2.95. The molecule has 0 amide bonds. The molecule has 1 aliphatic heterocycles. The summed E-state index contributed by atoms with van der Waals surface area (Å²) < 4.78 is 29.1. The summed E-state index contributed by atoms with van der Waals surface area (Å²) in [5.41, 5.74) is 1.85. The lowest BCUT2D eigenvalue weighted by Crippen LogP contribution is -2.37. The van der Waals surface area contributed by atoms with Crippen LogP contribution >= 0.6 is 0 Å². The Morgan fingerprint density at radius 2 is 2.07 bits per heavy atom. The van der Waals surface area contributed by atoms with Crippen molar-refractivity contribution in [2.75, 3.05) is 35.4 Å². The molecule has 1 aromatic heterocycles. The zero-order valence-corrected chi connectivity index (χ0v) is 16.8. The van der Waals surface area contributed by atoms with Crippen molar-refractivity contribution in [1.82, 2.24) is 9.97 Å². The van der Waals surface area contributed by atoms with E-state index in [0.717, 1.165) is 22.8 Å². The molecular formula is C19H26N4O3S. The predicted molar refractivity (Wildman–Crippen MR) is 107 cm³/mol. The molecule has 1 fully saturated rings. The van der Waals surface area contributed by atoms with Crippen molar-refractivity contribution in [3.8, 4) is 5.75 Å². The van der Waals surface area contributed by atoms with E-state index in [1.807, 2.05) is 44.2 Å². The Labute approximate surface area is 160 Å². The van der Waals surface area contributed by atoms with Crippen molar-refractivity contribution in [3.63, 3.8) is 0 Å². The molecule has 7 nitrogen and oxygen atoms in total. The van der Waals surface area contributed by atoms with E-state index in [0.29, 0.717) is 25.5 Å². The van der Waals surface area contributed by atoms with Gasteiger partial charge in [-0.05, 0) is 26.3 Å². The average Bonchev–Trinajstić information content (AvgIpc) is 3.00. The number of para-hydroxylation sites is 1. The van der Waals surface area contributed by atoms with Crippen LogP contribution in [-0.2, 0) is 16.4 Å². The lowest BCUT2D eigenvalue weighted by molar-refractivity contribution is 0.410. The molecule has 1 atom stereocenters. The van der Waals surface area contributed by atoms with Gasteiger partial charge in [0, 0.05) is 36.5 Å². The Hall–Kier alpha value is -2.35. The molecule has 0 bridgehead atoms. The van der Waals surface area contributed by atoms with Crippen molar-refractivity contribution in [1.29, 1.82) is 0 Å². The molecule has 1 unspecified atom stereocenters. The molecular weight excluding hydrogens is 364 g/mol. The van der Waals surface area contributed by atoms with E-state index in [9.17, 15) is 8.42 Å². The van der Waals surface area contributed by atoms with Gasteiger partial charge in [-0.2, -0.15) is 4.98 Å². The number of rotatable bonds is 7. The van der Waals surface area contributed by atoms with Crippen LogP contribution in [0.3, 0.4) is 0 Å². The topological polar surface area (TPSA) is 84.4 Å². The van der Waals surface area contributed by atoms with Crippen molar-refractivity contribution >= 4 is 21.6 Å². The van der Waals surface area contributed by atoms with Crippen LogP contribution in [0.2, 0.25) is 0 Å². The van der Waals surface area contributed by atoms with Crippen LogP contribution in [0.4, 0.5) is 11.8 Å². The van der Waals surface area contributed by atoms with Gasteiger partial charge in [0.05, 0.1) is 18.6 Å². The van der Waals surface area contributed by atoms with E-state index < -0.39 is 9.84 Å². The van der Waals surface area contributed by atoms with E-state index in [4.69, 9.17) is 4.74 Å². The number of anilines is 2. The molecule has 146 valence electrons. The minimum Gasteiger partial charge on any atom is -0.496 e. The number of ether oxygens (including phenoxy) is 1. The van der Waals surface area contributed by atoms with Gasteiger partial charge in [-0.3, -0.25) is 0 Å². The maximum Gasteiger partial charge on any atom is 0.225 e. The molecule has 1 aliphatic rings. The van der Waals surface area contributed by atoms with Crippen molar-refractivity contribution in [2.45, 2.75) is 32.9 Å². The maximum absolute atomic E-state index is 11.9. The van der Waals surface area contributed by atoms with Gasteiger partial charge in [-0.15, -0.1) is 0 Å². The first-order chi connectivity index (χ1) is 12.9. The molecule has 0 radical (unpaired) electrons. The van der Waals surface area contributed by atoms with E-state index in [-0.39, 0.29) is 17.5 Å². The van der Waals surface area contributed by atoms with Crippen LogP contribution < -0.4 is 15.0 Å². The predicted octanol–water partition coefficient (Wildman–Crippen LogP) is 2.42. The van der Waals surface area contributed by atoms with Crippen molar-refractivity contribution in [2.24, 2.45) is 0 Å². The van der Waals surface area contributed by atoms with Gasteiger partial charge >= 0.3 is 0 Å². The molecule has 2 heterocycles. The third-order valence-electron chi connectivity index (χ3n) is 4.75. The van der Waals surface area contributed by atoms with Gasteiger partial charge in [0.25, 0.3) is 0 Å². The Morgan fingerprint density at radius 3 is 2.74 bits per heavy atom. The fourth-order valence-electron chi connectivity index (χ4n) is 3.43. The maximum atomic E-state index is 11.9. The van der Waals surface area contributed by atoms with E-state index in [1.54, 1.807) is 7.11 Å². The number of methoxy groups -OCH3 is 1. The Morgan fingerprint density at radius 1 is 1.30 bits per heavy atom. The quantitative estimate of drug-likeness (QED) is 0.777. The molecule has 3 rings (SSSR count). The second kappa shape index (κ2) is 8.12. The zero-order valence-electron chi connectivity index (χ0n) is 16.0. The summed E-state index contributed by atoms with van der Waals surface area (Å²) >= 11 is 0. The summed E-state index contributed by atoms with van der Waals surface area (Å²) in [6, 6.07) is 9.67. The molecule has 2 aromatic rings. The summed E-state index contributed by atoms with van der Waals surface area (Å²) in [7, 11) is -1.30. The van der Waals surface area contributed by atoms with Gasteiger partial charge < -0.3 is 15.0 Å². The summed E-state index contributed by atoms with van der Waals surface area (Å²) in [5.74, 6) is 2.53. The minimum absolute atomic E-state index is 0.0311. The fraction of sp³-hybridized carbons (Fsp3) is 0.474. The number of sulfone groups is 1. The Bertz CT molecular complexity index is 902. The van der Waals surface area contributed by atoms with Gasteiger partial charge in [-0.1, -0.05) is 18.2 Å². The number of aromatic nitrogens is 2. The summed E-state index contributed by atoms with van der Waals surface area (Å²) in [6.45, 7) is 5.17. The van der Waals surface area contributed by atoms with Crippen LogP contribution in [0.5, 0.6) is 5.75 Å². The fourth-order valence-corrected chi connectivity index (χ4v) is 5.16. The van der Waals surface area contributed by atoms with Gasteiger partial charge in [-0.25, -0.2) is 13.4 Å². The van der Waals surface area contributed by atoms with E-state index in [2.05, 4.69) is 20.2 Å². The number of nitrogens with zero attached hydrogens (tertiary/aromatic N) is 3. The molecule has 1 saturated heterocycles. The summed E-state index contributed by atoms with van der Waals surface area (Å²) in [4.78, 5) is 11.2. The lowest BCUT2D eigenvalue weighted by Gasteiger charge is -2.28. The lowest BCUT2D eigenvalue weighted by atomic mass is 10.2. The number of nitrogens with one attached hydrogen (secondary N) is 1. The normalized spacial score (nSPS) is 18.3. The van der Waals surface area contributed by atoms with Gasteiger partial charge in [0.2, 0.25) is 5.95 Å². The first kappa shape index (κ1) is 19.4. The SMILES string of the molecule is CCN(c1cc(C)nc(NCc2ccccc2OC)n1)C1CCS(=O)(=O)C1. The highest BCUT2D eigenvalue weighted by Crippen LogP contribution is 2.25. The Kier molecular flexibility index (Phi) is 5.84.